The van der Waals surface area contributed by atoms with Crippen LogP contribution in [-0.4, -0.2) is 18.3 Å². The second kappa shape index (κ2) is 11.6. The number of hydrogen-bond donors (Lipinski definition) is 1. The van der Waals surface area contributed by atoms with Crippen molar-refractivity contribution in [3.8, 4) is 5.69 Å². The molecule has 3 heteroatoms. The number of aromatic nitrogens is 1. The van der Waals surface area contributed by atoms with Gasteiger partial charge in [-0.3, -0.25) is 0 Å². The molecule has 5 aromatic rings. The van der Waals surface area contributed by atoms with Crippen LogP contribution in [0.5, 0.6) is 0 Å². The van der Waals surface area contributed by atoms with E-state index in [9.17, 15) is 0 Å². The molecule has 0 saturated carbocycles. The Morgan fingerprint density at radius 1 is 0.733 bits per heavy atom. The molecule has 1 N–H and O–H groups in total. The molecule has 3 aliphatic rings. The summed E-state index contributed by atoms with van der Waals surface area (Å²) < 4.78 is 2.42. The van der Waals surface area contributed by atoms with Gasteiger partial charge in [0.05, 0.1) is 11.0 Å². The van der Waals surface area contributed by atoms with E-state index in [1.807, 2.05) is 0 Å². The summed E-state index contributed by atoms with van der Waals surface area (Å²) in [5, 5.41) is 11.1. The zero-order chi connectivity index (χ0) is 30.2. The fraction of sp³-hybridized carbons (Fsp3) is 0.143. The molecular formula is C42H38N2Si. The Balaban J connectivity index is 1.35. The molecule has 2 heterocycles. The molecule has 8 rings (SSSR count). The standard InChI is InChI=1S/C42H38N2Si/c1-31-21-23-32(24-22-31)33-25-28-42(43-30-33)45(35-15-7-3-8-16-35,36-17-9-4-10-18-36)37-26-27-41-39(29-37)38-19-11-12-20-40(38)44(41)34-13-5-2-6-14-34/h2-9,11-17,19-21,23-31,42-43H,10,18,22H2,1H3. The Morgan fingerprint density at radius 2 is 1.49 bits per heavy atom. The van der Waals surface area contributed by atoms with Crippen molar-refractivity contribution < 1.29 is 0 Å². The van der Waals surface area contributed by atoms with Crippen molar-refractivity contribution in [3.05, 3.63) is 174 Å². The number of nitrogens with zero attached hydrogens (tertiary/aromatic N) is 1. The van der Waals surface area contributed by atoms with E-state index in [-0.39, 0.29) is 5.67 Å². The predicted molar refractivity (Wildman–Crippen MR) is 194 cm³/mol. The van der Waals surface area contributed by atoms with Crippen molar-refractivity contribution in [2.24, 2.45) is 5.92 Å². The fourth-order valence-corrected chi connectivity index (χ4v) is 12.9. The number of dihydropyridines is 1. The van der Waals surface area contributed by atoms with Crippen LogP contribution in [0.2, 0.25) is 0 Å². The van der Waals surface area contributed by atoms with Gasteiger partial charge in [0.15, 0.2) is 8.07 Å². The molecule has 3 atom stereocenters. The lowest BCUT2D eigenvalue weighted by atomic mass is 9.94. The highest BCUT2D eigenvalue weighted by molar-refractivity contribution is 7.08. The Hall–Kier alpha value is -4.86. The minimum atomic E-state index is -2.59. The van der Waals surface area contributed by atoms with Crippen LogP contribution in [0.3, 0.4) is 0 Å². The highest BCUT2D eigenvalue weighted by Gasteiger charge is 2.47. The lowest BCUT2D eigenvalue weighted by molar-refractivity contribution is 0.731. The van der Waals surface area contributed by atoms with E-state index >= 15 is 0 Å². The van der Waals surface area contributed by atoms with Gasteiger partial charge >= 0.3 is 0 Å². The highest BCUT2D eigenvalue weighted by Crippen LogP contribution is 2.35. The van der Waals surface area contributed by atoms with Crippen molar-refractivity contribution in [2.45, 2.75) is 31.9 Å². The van der Waals surface area contributed by atoms with Crippen LogP contribution in [0.1, 0.15) is 26.2 Å². The molecule has 0 spiro atoms. The lowest BCUT2D eigenvalue weighted by Gasteiger charge is -2.42. The first-order chi connectivity index (χ1) is 22.2. The fourth-order valence-electron chi connectivity index (χ4n) is 7.68. The molecule has 0 amide bonds. The van der Waals surface area contributed by atoms with Crippen molar-refractivity contribution in [2.75, 3.05) is 0 Å². The van der Waals surface area contributed by atoms with Gasteiger partial charge in [0.1, 0.15) is 0 Å². The van der Waals surface area contributed by atoms with E-state index in [0.717, 1.165) is 19.3 Å². The maximum Gasteiger partial charge on any atom is 0.171 e. The van der Waals surface area contributed by atoms with Crippen LogP contribution in [0.25, 0.3) is 27.5 Å². The average Bonchev–Trinajstić information content (AvgIpc) is 3.44. The summed E-state index contributed by atoms with van der Waals surface area (Å²) in [4.78, 5) is 0. The number of para-hydroxylation sites is 2. The SMILES string of the molecule is CC1C=CC(C2=CNC([Si](C3=CC=CCC3)(c3ccccc3)c3ccc4c(c3)c3ccccc3n4-c3ccccc3)C=C2)=CC1. The van der Waals surface area contributed by atoms with Gasteiger partial charge in [-0.1, -0.05) is 140 Å². The van der Waals surface area contributed by atoms with E-state index in [1.54, 1.807) is 5.20 Å². The normalized spacial score (nSPS) is 20.8. The second-order valence-corrected chi connectivity index (χ2v) is 16.6. The van der Waals surface area contributed by atoms with E-state index in [1.165, 1.54) is 49.0 Å². The largest absolute Gasteiger partial charge is 0.386 e. The third-order valence-electron chi connectivity index (χ3n) is 9.89. The topological polar surface area (TPSA) is 17.0 Å². The molecule has 1 aromatic heterocycles. The summed E-state index contributed by atoms with van der Waals surface area (Å²) >= 11 is 0. The molecule has 2 aliphatic carbocycles. The quantitative estimate of drug-likeness (QED) is 0.194. The summed E-state index contributed by atoms with van der Waals surface area (Å²) in [7, 11) is -2.59. The Morgan fingerprint density at radius 3 is 2.22 bits per heavy atom. The van der Waals surface area contributed by atoms with Gasteiger partial charge in [-0.2, -0.15) is 0 Å². The predicted octanol–water partition coefficient (Wildman–Crippen LogP) is 8.64. The number of rotatable bonds is 6. The summed E-state index contributed by atoms with van der Waals surface area (Å²) in [6.07, 6.45) is 24.4. The van der Waals surface area contributed by atoms with Gasteiger partial charge in [0, 0.05) is 28.3 Å². The molecule has 0 bridgehead atoms. The van der Waals surface area contributed by atoms with Crippen LogP contribution < -0.4 is 15.7 Å². The summed E-state index contributed by atoms with van der Waals surface area (Å²) in [6, 6.07) is 38.4. The number of allylic oxidation sites excluding steroid dienone is 10. The van der Waals surface area contributed by atoms with Gasteiger partial charge < -0.3 is 9.88 Å². The maximum atomic E-state index is 4.00. The number of hydrogen-bond acceptors (Lipinski definition) is 1. The first kappa shape index (κ1) is 27.7. The third-order valence-corrected chi connectivity index (χ3v) is 15.1. The molecule has 220 valence electrons. The number of benzene rings is 4. The zero-order valence-corrected chi connectivity index (χ0v) is 26.7. The van der Waals surface area contributed by atoms with Gasteiger partial charge in [0.2, 0.25) is 0 Å². The van der Waals surface area contributed by atoms with Crippen LogP contribution in [-0.2, 0) is 0 Å². The molecule has 3 unspecified atom stereocenters. The molecular weight excluding hydrogens is 561 g/mol. The Bertz CT molecular complexity index is 2070. The van der Waals surface area contributed by atoms with Gasteiger partial charge in [-0.25, -0.2) is 0 Å². The highest BCUT2D eigenvalue weighted by atomic mass is 28.3. The second-order valence-electron chi connectivity index (χ2n) is 12.6. The molecule has 4 aromatic carbocycles. The number of fused-ring (bicyclic) bond motifs is 3. The monoisotopic (exact) mass is 598 g/mol. The van der Waals surface area contributed by atoms with E-state index in [4.69, 9.17) is 0 Å². The maximum absolute atomic E-state index is 4.00. The molecule has 0 radical (unpaired) electrons. The summed E-state index contributed by atoms with van der Waals surface area (Å²) in [6.45, 7) is 2.28. The van der Waals surface area contributed by atoms with Crippen LogP contribution in [0.4, 0.5) is 0 Å². The van der Waals surface area contributed by atoms with E-state index in [0.29, 0.717) is 5.92 Å². The van der Waals surface area contributed by atoms with Crippen molar-refractivity contribution in [3.63, 3.8) is 0 Å². The first-order valence-corrected chi connectivity index (χ1v) is 18.3. The minimum Gasteiger partial charge on any atom is -0.386 e. The Kier molecular flexibility index (Phi) is 7.11. The molecule has 2 nitrogen and oxygen atoms in total. The lowest BCUT2D eigenvalue weighted by Crippen LogP contribution is -2.71. The third kappa shape index (κ3) is 4.70. The molecule has 0 saturated heterocycles. The summed E-state index contributed by atoms with van der Waals surface area (Å²) in [5.74, 6) is 0.606. The smallest absolute Gasteiger partial charge is 0.171 e. The van der Waals surface area contributed by atoms with Crippen molar-refractivity contribution in [1.82, 2.24) is 9.88 Å². The van der Waals surface area contributed by atoms with Crippen LogP contribution >= 0.6 is 0 Å². The summed E-state index contributed by atoms with van der Waals surface area (Å²) in [5.41, 5.74) is 6.45. The van der Waals surface area contributed by atoms with Crippen molar-refractivity contribution >= 4 is 40.3 Å². The van der Waals surface area contributed by atoms with E-state index < -0.39 is 8.07 Å². The van der Waals surface area contributed by atoms with Gasteiger partial charge in [0.25, 0.3) is 0 Å². The average molecular weight is 599 g/mol. The zero-order valence-electron chi connectivity index (χ0n) is 25.7. The molecule has 45 heavy (non-hydrogen) atoms. The molecule has 1 aliphatic heterocycles. The van der Waals surface area contributed by atoms with Gasteiger partial charge in [-0.15, -0.1) is 0 Å². The van der Waals surface area contributed by atoms with Crippen LogP contribution in [0.15, 0.2) is 174 Å². The first-order valence-electron chi connectivity index (χ1n) is 16.3. The van der Waals surface area contributed by atoms with Crippen LogP contribution in [0, 0.1) is 5.92 Å². The number of nitrogens with one attached hydrogen (secondary N) is 1. The Labute approximate surface area is 267 Å². The van der Waals surface area contributed by atoms with E-state index in [2.05, 4.69) is 175 Å². The van der Waals surface area contributed by atoms with Crippen molar-refractivity contribution in [1.29, 1.82) is 0 Å². The molecule has 0 fully saturated rings. The van der Waals surface area contributed by atoms with Gasteiger partial charge in [-0.05, 0) is 71.0 Å². The minimum absolute atomic E-state index is 0.174.